The van der Waals surface area contributed by atoms with E-state index in [1.54, 1.807) is 6.33 Å². The van der Waals surface area contributed by atoms with Crippen molar-refractivity contribution in [2.45, 2.75) is 32.5 Å². The third-order valence-corrected chi connectivity index (χ3v) is 5.26. The van der Waals surface area contributed by atoms with E-state index >= 15 is 0 Å². The zero-order valence-corrected chi connectivity index (χ0v) is 16.4. The third-order valence-electron chi connectivity index (χ3n) is 5.26. The summed E-state index contributed by atoms with van der Waals surface area (Å²) in [6.07, 6.45) is 1.79. The van der Waals surface area contributed by atoms with Crippen LogP contribution in [0, 0.1) is 6.92 Å². The second-order valence-corrected chi connectivity index (χ2v) is 7.50. The Balaban J connectivity index is 1.38. The van der Waals surface area contributed by atoms with Gasteiger partial charge in [0, 0.05) is 26.2 Å². The van der Waals surface area contributed by atoms with Crippen LogP contribution in [0.1, 0.15) is 23.1 Å². The molecule has 1 aliphatic heterocycles. The summed E-state index contributed by atoms with van der Waals surface area (Å²) in [4.78, 5) is 34.4. The zero-order valence-electron chi connectivity index (χ0n) is 16.4. The number of aromatic nitrogens is 2. The molecule has 2 amide bonds. The molecule has 0 bridgehead atoms. The second kappa shape index (κ2) is 8.45. The Morgan fingerprint density at radius 1 is 1.24 bits per heavy atom. The van der Waals surface area contributed by atoms with Gasteiger partial charge in [-0.2, -0.15) is 0 Å². The van der Waals surface area contributed by atoms with Crippen LogP contribution >= 0.6 is 0 Å². The first-order valence-electron chi connectivity index (χ1n) is 9.84. The number of carbonyl (C=O) groups excluding carboxylic acids is 2. The van der Waals surface area contributed by atoms with Gasteiger partial charge in [-0.25, -0.2) is 4.98 Å². The van der Waals surface area contributed by atoms with E-state index in [4.69, 9.17) is 0 Å². The van der Waals surface area contributed by atoms with Crippen LogP contribution in [0.2, 0.25) is 0 Å². The summed E-state index contributed by atoms with van der Waals surface area (Å²) in [5, 5.41) is 5.82. The summed E-state index contributed by atoms with van der Waals surface area (Å²) < 4.78 is 0. The number of benzene rings is 2. The number of fused-ring (bicyclic) bond motifs is 1. The fourth-order valence-corrected chi connectivity index (χ4v) is 3.76. The lowest BCUT2D eigenvalue weighted by Crippen LogP contribution is -2.56. The molecule has 7 heteroatoms. The number of aryl methyl sites for hydroxylation is 1. The number of hydrogen-bond acceptors (Lipinski definition) is 4. The minimum Gasteiger partial charge on any atom is -0.353 e. The number of nitrogens with one attached hydrogen (secondary N) is 3. The van der Waals surface area contributed by atoms with Gasteiger partial charge in [0.15, 0.2) is 0 Å². The molecule has 7 nitrogen and oxygen atoms in total. The molecule has 4 rings (SSSR count). The summed E-state index contributed by atoms with van der Waals surface area (Å²) in [7, 11) is 0. The molecule has 0 spiro atoms. The maximum absolute atomic E-state index is 12.6. The van der Waals surface area contributed by atoms with Crippen LogP contribution < -0.4 is 10.6 Å². The first-order chi connectivity index (χ1) is 14.1. The topological polar surface area (TPSA) is 90.1 Å². The molecule has 1 atom stereocenters. The monoisotopic (exact) mass is 391 g/mol. The highest BCUT2D eigenvalue weighted by molar-refractivity contribution is 5.88. The summed E-state index contributed by atoms with van der Waals surface area (Å²) in [6.45, 7) is 4.46. The van der Waals surface area contributed by atoms with Crippen molar-refractivity contribution in [3.63, 3.8) is 0 Å². The molecule has 2 heterocycles. The van der Waals surface area contributed by atoms with Gasteiger partial charge in [0.1, 0.15) is 0 Å². The molecular formula is C22H25N5O2. The van der Waals surface area contributed by atoms with Crippen LogP contribution in [0.4, 0.5) is 0 Å². The van der Waals surface area contributed by atoms with E-state index in [0.29, 0.717) is 19.6 Å². The molecule has 0 unspecified atom stereocenters. The van der Waals surface area contributed by atoms with Crippen LogP contribution in [0.5, 0.6) is 0 Å². The number of rotatable bonds is 6. The fraction of sp³-hybridized carbons (Fsp3) is 0.318. The van der Waals surface area contributed by atoms with Crippen molar-refractivity contribution in [1.29, 1.82) is 0 Å². The molecule has 1 aromatic heterocycles. The highest BCUT2D eigenvalue weighted by Gasteiger charge is 2.31. The standard InChI is InChI=1S/C22H25N5O2/c1-15-3-2-4-17(9-15)13-27-8-7-23-22(29)20(27)11-21(28)24-12-16-5-6-18-19(10-16)26-14-25-18/h2-6,9-10,14,20H,7-8,11-13H2,1H3,(H,23,29)(H,24,28)(H,25,26)/t20-/m1/s1. The van der Waals surface area contributed by atoms with E-state index in [0.717, 1.165) is 28.7 Å². The van der Waals surface area contributed by atoms with E-state index < -0.39 is 6.04 Å². The van der Waals surface area contributed by atoms with Crippen LogP contribution in [-0.4, -0.2) is 45.8 Å². The Bertz CT molecular complexity index is 1030. The number of nitrogens with zero attached hydrogens (tertiary/aromatic N) is 2. The largest absolute Gasteiger partial charge is 0.353 e. The molecule has 3 N–H and O–H groups in total. The van der Waals surface area contributed by atoms with E-state index in [1.165, 1.54) is 5.56 Å². The smallest absolute Gasteiger partial charge is 0.237 e. The molecule has 1 saturated heterocycles. The molecular weight excluding hydrogens is 366 g/mol. The molecule has 0 radical (unpaired) electrons. The lowest BCUT2D eigenvalue weighted by atomic mass is 10.1. The quantitative estimate of drug-likeness (QED) is 0.598. The van der Waals surface area contributed by atoms with Crippen molar-refractivity contribution in [2.75, 3.05) is 13.1 Å². The Morgan fingerprint density at radius 2 is 2.14 bits per heavy atom. The van der Waals surface area contributed by atoms with E-state index in [-0.39, 0.29) is 18.2 Å². The van der Waals surface area contributed by atoms with Gasteiger partial charge in [-0.1, -0.05) is 35.9 Å². The minimum absolute atomic E-state index is 0.0852. The molecule has 0 saturated carbocycles. The predicted molar refractivity (Wildman–Crippen MR) is 111 cm³/mol. The van der Waals surface area contributed by atoms with Gasteiger partial charge in [0.25, 0.3) is 0 Å². The van der Waals surface area contributed by atoms with Crippen molar-refractivity contribution < 1.29 is 9.59 Å². The van der Waals surface area contributed by atoms with Crippen molar-refractivity contribution >= 4 is 22.8 Å². The maximum atomic E-state index is 12.6. The van der Waals surface area contributed by atoms with Gasteiger partial charge in [0.05, 0.1) is 29.8 Å². The third kappa shape index (κ3) is 4.63. The van der Waals surface area contributed by atoms with Crippen molar-refractivity contribution in [2.24, 2.45) is 0 Å². The van der Waals surface area contributed by atoms with Crippen molar-refractivity contribution in [3.8, 4) is 0 Å². The molecule has 150 valence electrons. The van der Waals surface area contributed by atoms with Gasteiger partial charge >= 0.3 is 0 Å². The fourth-order valence-electron chi connectivity index (χ4n) is 3.76. The first-order valence-corrected chi connectivity index (χ1v) is 9.84. The lowest BCUT2D eigenvalue weighted by Gasteiger charge is -2.34. The van der Waals surface area contributed by atoms with Crippen LogP contribution in [0.25, 0.3) is 11.0 Å². The molecule has 29 heavy (non-hydrogen) atoms. The van der Waals surface area contributed by atoms with Gasteiger partial charge < -0.3 is 15.6 Å². The van der Waals surface area contributed by atoms with E-state index in [9.17, 15) is 9.59 Å². The zero-order chi connectivity index (χ0) is 20.2. The number of amides is 2. The van der Waals surface area contributed by atoms with Gasteiger partial charge in [-0.15, -0.1) is 0 Å². The normalized spacial score (nSPS) is 17.3. The Morgan fingerprint density at radius 3 is 3.00 bits per heavy atom. The van der Waals surface area contributed by atoms with Crippen molar-refractivity contribution in [1.82, 2.24) is 25.5 Å². The van der Waals surface area contributed by atoms with Gasteiger partial charge in [-0.05, 0) is 30.2 Å². The summed E-state index contributed by atoms with van der Waals surface area (Å²) >= 11 is 0. The van der Waals surface area contributed by atoms with Crippen LogP contribution in [0.15, 0.2) is 48.8 Å². The van der Waals surface area contributed by atoms with E-state index in [1.807, 2.05) is 24.3 Å². The van der Waals surface area contributed by atoms with Crippen LogP contribution in [0.3, 0.4) is 0 Å². The lowest BCUT2D eigenvalue weighted by molar-refractivity contribution is -0.134. The summed E-state index contributed by atoms with van der Waals surface area (Å²) in [5.74, 6) is -0.219. The number of carbonyl (C=O) groups is 2. The predicted octanol–water partition coefficient (Wildman–Crippen LogP) is 1.88. The summed E-state index contributed by atoms with van der Waals surface area (Å²) in [5.41, 5.74) is 5.16. The Labute approximate surface area is 169 Å². The first kappa shape index (κ1) is 19.1. The van der Waals surface area contributed by atoms with Gasteiger partial charge in [0.2, 0.25) is 11.8 Å². The molecule has 1 aliphatic rings. The highest BCUT2D eigenvalue weighted by atomic mass is 16.2. The molecule has 2 aromatic carbocycles. The Kier molecular flexibility index (Phi) is 5.57. The number of piperazine rings is 1. The molecule has 1 fully saturated rings. The number of H-pyrrole nitrogens is 1. The SMILES string of the molecule is Cc1cccc(CN2CCNC(=O)[C@H]2CC(=O)NCc2ccc3nc[nH]c3c2)c1. The molecule has 0 aliphatic carbocycles. The van der Waals surface area contributed by atoms with Crippen LogP contribution in [-0.2, 0) is 22.7 Å². The number of hydrogen-bond donors (Lipinski definition) is 3. The number of aromatic amines is 1. The second-order valence-electron chi connectivity index (χ2n) is 7.50. The highest BCUT2D eigenvalue weighted by Crippen LogP contribution is 2.15. The minimum atomic E-state index is -0.459. The molecule has 3 aromatic rings. The Hall–Kier alpha value is -3.19. The van der Waals surface area contributed by atoms with E-state index in [2.05, 4.69) is 50.6 Å². The maximum Gasteiger partial charge on any atom is 0.237 e. The average molecular weight is 391 g/mol. The van der Waals surface area contributed by atoms with Crippen molar-refractivity contribution in [3.05, 3.63) is 65.5 Å². The van der Waals surface area contributed by atoms with Gasteiger partial charge in [-0.3, -0.25) is 14.5 Å². The average Bonchev–Trinajstić information content (AvgIpc) is 3.17. The number of imidazole rings is 1. The summed E-state index contributed by atoms with van der Waals surface area (Å²) in [6, 6.07) is 13.6.